The average molecular weight is 236 g/mol. The summed E-state index contributed by atoms with van der Waals surface area (Å²) < 4.78 is 29.7. The number of ether oxygens (including phenoxy) is 1. The van der Waals surface area contributed by atoms with Gasteiger partial charge in [-0.2, -0.15) is 0 Å². The molecule has 0 aliphatic rings. The standard InChI is InChI=1S/C8H13O6P/c1-5-6-13-8(9)7(2)14-15(10,11-3)12-4/h1,7H,6H2,2-4H3. The van der Waals surface area contributed by atoms with Crippen molar-refractivity contribution in [1.82, 2.24) is 0 Å². The second kappa shape index (κ2) is 6.59. The Morgan fingerprint density at radius 1 is 1.47 bits per heavy atom. The van der Waals surface area contributed by atoms with Crippen LogP contribution in [-0.4, -0.2) is 32.9 Å². The monoisotopic (exact) mass is 236 g/mol. The fourth-order valence-electron chi connectivity index (χ4n) is 0.627. The van der Waals surface area contributed by atoms with E-state index >= 15 is 0 Å². The van der Waals surface area contributed by atoms with E-state index in [9.17, 15) is 9.36 Å². The second-order valence-electron chi connectivity index (χ2n) is 2.37. The highest BCUT2D eigenvalue weighted by atomic mass is 31.2. The molecular formula is C8H13O6P. The maximum atomic E-state index is 11.4. The quantitative estimate of drug-likeness (QED) is 0.388. The number of hydrogen-bond acceptors (Lipinski definition) is 6. The van der Waals surface area contributed by atoms with Crippen molar-refractivity contribution in [3.05, 3.63) is 0 Å². The average Bonchev–Trinajstić information content (AvgIpc) is 2.25. The van der Waals surface area contributed by atoms with E-state index in [0.29, 0.717) is 0 Å². The normalized spacial score (nSPS) is 12.9. The topological polar surface area (TPSA) is 71.1 Å². The summed E-state index contributed by atoms with van der Waals surface area (Å²) in [5.74, 6) is 1.38. The summed E-state index contributed by atoms with van der Waals surface area (Å²) in [6.07, 6.45) is 3.80. The first-order valence-electron chi connectivity index (χ1n) is 3.99. The largest absolute Gasteiger partial charge is 0.475 e. The maximum Gasteiger partial charge on any atom is 0.475 e. The van der Waals surface area contributed by atoms with Gasteiger partial charge in [0.15, 0.2) is 12.7 Å². The molecule has 0 spiro atoms. The number of terminal acetylenes is 1. The molecule has 0 heterocycles. The summed E-state index contributed by atoms with van der Waals surface area (Å²) >= 11 is 0. The van der Waals surface area contributed by atoms with Crippen LogP contribution in [0.3, 0.4) is 0 Å². The Hall–Kier alpha value is -0.860. The molecular weight excluding hydrogens is 223 g/mol. The van der Waals surface area contributed by atoms with Crippen molar-refractivity contribution in [2.45, 2.75) is 13.0 Å². The van der Waals surface area contributed by atoms with Gasteiger partial charge in [0.25, 0.3) is 0 Å². The zero-order chi connectivity index (χ0) is 11.9. The van der Waals surface area contributed by atoms with E-state index in [-0.39, 0.29) is 6.61 Å². The van der Waals surface area contributed by atoms with Crippen LogP contribution in [0, 0.1) is 12.3 Å². The van der Waals surface area contributed by atoms with E-state index in [0.717, 1.165) is 14.2 Å². The minimum Gasteiger partial charge on any atom is -0.451 e. The second-order valence-corrected chi connectivity index (χ2v) is 4.21. The molecule has 86 valence electrons. The molecule has 0 aromatic carbocycles. The predicted octanol–water partition coefficient (Wildman–Crippen LogP) is 0.969. The van der Waals surface area contributed by atoms with E-state index in [1.807, 2.05) is 0 Å². The molecule has 0 saturated carbocycles. The number of esters is 1. The van der Waals surface area contributed by atoms with Gasteiger partial charge in [0.05, 0.1) is 0 Å². The van der Waals surface area contributed by atoms with Crippen molar-refractivity contribution in [3.8, 4) is 12.3 Å². The number of carbonyl (C=O) groups is 1. The van der Waals surface area contributed by atoms with E-state index < -0.39 is 19.9 Å². The Kier molecular flexibility index (Phi) is 6.21. The van der Waals surface area contributed by atoms with Crippen LogP contribution in [0.5, 0.6) is 0 Å². The third-order valence-corrected chi connectivity index (χ3v) is 2.83. The third kappa shape index (κ3) is 4.96. The molecule has 0 saturated heterocycles. The van der Waals surface area contributed by atoms with Gasteiger partial charge in [-0.1, -0.05) is 5.92 Å². The molecule has 0 aromatic rings. The summed E-state index contributed by atoms with van der Waals surface area (Å²) in [4.78, 5) is 11.1. The highest BCUT2D eigenvalue weighted by Gasteiger charge is 2.30. The lowest BCUT2D eigenvalue weighted by atomic mass is 10.4. The van der Waals surface area contributed by atoms with Gasteiger partial charge in [0.2, 0.25) is 0 Å². The maximum absolute atomic E-state index is 11.4. The van der Waals surface area contributed by atoms with Gasteiger partial charge in [-0.05, 0) is 6.92 Å². The number of hydrogen-bond donors (Lipinski definition) is 0. The molecule has 1 unspecified atom stereocenters. The minimum atomic E-state index is -3.68. The lowest BCUT2D eigenvalue weighted by Crippen LogP contribution is -2.23. The van der Waals surface area contributed by atoms with Gasteiger partial charge in [-0.15, -0.1) is 6.42 Å². The summed E-state index contributed by atoms with van der Waals surface area (Å²) in [6, 6.07) is 0. The lowest BCUT2D eigenvalue weighted by molar-refractivity contribution is -0.150. The smallest absolute Gasteiger partial charge is 0.451 e. The van der Waals surface area contributed by atoms with Crippen molar-refractivity contribution in [2.24, 2.45) is 0 Å². The van der Waals surface area contributed by atoms with Gasteiger partial charge in [-0.3, -0.25) is 13.6 Å². The minimum absolute atomic E-state index is 0.170. The molecule has 0 amide bonds. The molecule has 6 nitrogen and oxygen atoms in total. The fraction of sp³-hybridized carbons (Fsp3) is 0.625. The van der Waals surface area contributed by atoms with Crippen molar-refractivity contribution >= 4 is 13.8 Å². The Bertz CT molecular complexity index is 286. The Morgan fingerprint density at radius 2 is 2.00 bits per heavy atom. The summed E-state index contributed by atoms with van der Waals surface area (Å²) in [7, 11) is -1.39. The molecule has 0 fully saturated rings. The van der Waals surface area contributed by atoms with Crippen molar-refractivity contribution < 1.29 is 27.7 Å². The lowest BCUT2D eigenvalue weighted by Gasteiger charge is -2.17. The van der Waals surface area contributed by atoms with Crippen LogP contribution in [0.15, 0.2) is 0 Å². The third-order valence-electron chi connectivity index (χ3n) is 1.36. The van der Waals surface area contributed by atoms with E-state index in [1.165, 1.54) is 6.92 Å². The predicted molar refractivity (Wildman–Crippen MR) is 52.0 cm³/mol. The molecule has 0 rings (SSSR count). The van der Waals surface area contributed by atoms with Gasteiger partial charge in [0.1, 0.15) is 0 Å². The number of carbonyl (C=O) groups excluding carboxylic acids is 1. The number of rotatable bonds is 6. The fourth-order valence-corrected chi connectivity index (χ4v) is 1.42. The van der Waals surface area contributed by atoms with Crippen LogP contribution in [0.2, 0.25) is 0 Å². The van der Waals surface area contributed by atoms with Crippen LogP contribution in [0.25, 0.3) is 0 Å². The Labute approximate surface area is 88.5 Å². The summed E-state index contributed by atoms with van der Waals surface area (Å²) in [5.41, 5.74) is 0. The first-order valence-corrected chi connectivity index (χ1v) is 5.45. The molecule has 0 radical (unpaired) electrons. The van der Waals surface area contributed by atoms with Gasteiger partial charge in [0, 0.05) is 14.2 Å². The van der Waals surface area contributed by atoms with Crippen molar-refractivity contribution in [2.75, 3.05) is 20.8 Å². The zero-order valence-electron chi connectivity index (χ0n) is 8.76. The SMILES string of the molecule is C#CCOC(=O)C(C)OP(=O)(OC)OC. The highest BCUT2D eigenvalue weighted by molar-refractivity contribution is 7.48. The molecule has 0 N–H and O–H groups in total. The van der Waals surface area contributed by atoms with Gasteiger partial charge < -0.3 is 4.74 Å². The summed E-state index contributed by atoms with van der Waals surface area (Å²) in [5, 5.41) is 0. The molecule has 15 heavy (non-hydrogen) atoms. The molecule has 0 aliphatic heterocycles. The van der Waals surface area contributed by atoms with E-state index in [2.05, 4.69) is 19.7 Å². The zero-order valence-corrected chi connectivity index (χ0v) is 9.65. The molecule has 1 atom stereocenters. The van der Waals surface area contributed by atoms with E-state index in [1.54, 1.807) is 0 Å². The first kappa shape index (κ1) is 14.1. The number of phosphoric acid groups is 1. The number of phosphoric ester groups is 1. The van der Waals surface area contributed by atoms with Crippen LogP contribution in [0.1, 0.15) is 6.92 Å². The molecule has 7 heteroatoms. The van der Waals surface area contributed by atoms with Crippen LogP contribution in [0.4, 0.5) is 0 Å². The Morgan fingerprint density at radius 3 is 2.40 bits per heavy atom. The Balaban J connectivity index is 4.24. The van der Waals surface area contributed by atoms with Crippen LogP contribution >= 0.6 is 7.82 Å². The molecule has 0 aromatic heterocycles. The van der Waals surface area contributed by atoms with Crippen molar-refractivity contribution in [3.63, 3.8) is 0 Å². The van der Waals surface area contributed by atoms with Crippen LogP contribution < -0.4 is 0 Å². The summed E-state index contributed by atoms with van der Waals surface area (Å²) in [6.45, 7) is 1.18. The van der Waals surface area contributed by atoms with Crippen LogP contribution in [-0.2, 0) is 27.7 Å². The van der Waals surface area contributed by atoms with E-state index in [4.69, 9.17) is 10.9 Å². The first-order chi connectivity index (χ1) is 6.99. The van der Waals surface area contributed by atoms with Gasteiger partial charge in [-0.25, -0.2) is 9.36 Å². The van der Waals surface area contributed by atoms with Crippen molar-refractivity contribution in [1.29, 1.82) is 0 Å². The molecule has 0 aliphatic carbocycles. The highest BCUT2D eigenvalue weighted by Crippen LogP contribution is 2.48. The van der Waals surface area contributed by atoms with Gasteiger partial charge >= 0.3 is 13.8 Å². The molecule has 0 bridgehead atoms.